The van der Waals surface area contributed by atoms with Gasteiger partial charge in [-0.3, -0.25) is 4.79 Å². The molecule has 0 saturated carbocycles. The van der Waals surface area contributed by atoms with Crippen molar-refractivity contribution in [3.63, 3.8) is 0 Å². The first-order valence-electron chi connectivity index (χ1n) is 6.28. The van der Waals surface area contributed by atoms with Gasteiger partial charge in [0.25, 0.3) is 0 Å². The second kappa shape index (κ2) is 9.93. The Morgan fingerprint density at radius 3 is 2.29 bits per heavy atom. The standard InChI is InChI=1S/C12H24N2O3/c1-3-4-5-6-7-8-9-13-12(17)14(2)10-11(15)16/h3-10H2,1-2H3,(H,13,17)(H,15,16). The third-order valence-electron chi connectivity index (χ3n) is 2.53. The smallest absolute Gasteiger partial charge is 0.323 e. The Morgan fingerprint density at radius 2 is 1.71 bits per heavy atom. The number of carbonyl (C=O) groups excluding carboxylic acids is 1. The number of nitrogens with zero attached hydrogens (tertiary/aromatic N) is 1. The highest BCUT2D eigenvalue weighted by Gasteiger charge is 2.10. The van der Waals surface area contributed by atoms with Crippen molar-refractivity contribution in [3.05, 3.63) is 0 Å². The van der Waals surface area contributed by atoms with Crippen LogP contribution in [-0.4, -0.2) is 42.1 Å². The Bertz CT molecular complexity index is 232. The van der Waals surface area contributed by atoms with E-state index in [-0.39, 0.29) is 12.6 Å². The molecule has 5 nitrogen and oxygen atoms in total. The van der Waals surface area contributed by atoms with Gasteiger partial charge < -0.3 is 15.3 Å². The van der Waals surface area contributed by atoms with E-state index in [0.29, 0.717) is 6.54 Å². The molecule has 100 valence electrons. The fraction of sp³-hybridized carbons (Fsp3) is 0.833. The Labute approximate surface area is 103 Å². The fourth-order valence-corrected chi connectivity index (χ4v) is 1.51. The van der Waals surface area contributed by atoms with Crippen LogP contribution in [0.5, 0.6) is 0 Å². The number of carboxylic acids is 1. The van der Waals surface area contributed by atoms with Crippen molar-refractivity contribution in [3.8, 4) is 0 Å². The molecule has 0 bridgehead atoms. The van der Waals surface area contributed by atoms with Gasteiger partial charge in [-0.1, -0.05) is 39.0 Å². The minimum Gasteiger partial charge on any atom is -0.480 e. The molecule has 0 heterocycles. The molecule has 0 aliphatic carbocycles. The highest BCUT2D eigenvalue weighted by molar-refractivity contribution is 5.79. The highest BCUT2D eigenvalue weighted by atomic mass is 16.4. The predicted molar refractivity (Wildman–Crippen MR) is 67.0 cm³/mol. The number of aliphatic carboxylic acids is 1. The Kier molecular flexibility index (Phi) is 9.19. The molecule has 0 fully saturated rings. The number of unbranched alkanes of at least 4 members (excludes halogenated alkanes) is 5. The largest absolute Gasteiger partial charge is 0.480 e. The molecular formula is C12H24N2O3. The third kappa shape index (κ3) is 9.66. The summed E-state index contributed by atoms with van der Waals surface area (Å²) in [5.41, 5.74) is 0. The maximum absolute atomic E-state index is 11.4. The van der Waals surface area contributed by atoms with Crippen molar-refractivity contribution in [1.29, 1.82) is 0 Å². The average molecular weight is 244 g/mol. The van der Waals surface area contributed by atoms with Crippen LogP contribution in [0, 0.1) is 0 Å². The number of carboxylic acid groups (broad SMARTS) is 1. The normalized spacial score (nSPS) is 10.0. The van der Waals surface area contributed by atoms with Crippen LogP contribution in [-0.2, 0) is 4.79 Å². The van der Waals surface area contributed by atoms with E-state index < -0.39 is 5.97 Å². The first-order valence-corrected chi connectivity index (χ1v) is 6.28. The van der Waals surface area contributed by atoms with Gasteiger partial charge in [0, 0.05) is 13.6 Å². The molecule has 0 aromatic carbocycles. The summed E-state index contributed by atoms with van der Waals surface area (Å²) in [6.07, 6.45) is 7.03. The maximum Gasteiger partial charge on any atom is 0.323 e. The van der Waals surface area contributed by atoms with E-state index in [9.17, 15) is 9.59 Å². The maximum atomic E-state index is 11.4. The molecule has 0 aliphatic heterocycles. The van der Waals surface area contributed by atoms with Gasteiger partial charge in [0.2, 0.25) is 0 Å². The summed E-state index contributed by atoms with van der Waals surface area (Å²) in [6, 6.07) is -0.319. The number of carbonyl (C=O) groups is 2. The van der Waals surface area contributed by atoms with Crippen molar-refractivity contribution < 1.29 is 14.7 Å². The number of rotatable bonds is 9. The molecule has 0 aromatic heterocycles. The first-order chi connectivity index (χ1) is 8.07. The van der Waals surface area contributed by atoms with Crippen LogP contribution in [0.3, 0.4) is 0 Å². The molecule has 0 radical (unpaired) electrons. The summed E-state index contributed by atoms with van der Waals surface area (Å²) in [6.45, 7) is 2.54. The van der Waals surface area contributed by atoms with Gasteiger partial charge in [-0.15, -0.1) is 0 Å². The number of hydrogen-bond donors (Lipinski definition) is 2. The van der Waals surface area contributed by atoms with Crippen molar-refractivity contribution in [2.24, 2.45) is 0 Å². The molecule has 0 atom stereocenters. The average Bonchev–Trinajstić information content (AvgIpc) is 2.26. The minimum atomic E-state index is -0.998. The van der Waals surface area contributed by atoms with Gasteiger partial charge in [0.15, 0.2) is 0 Å². The number of likely N-dealkylation sites (N-methyl/N-ethyl adjacent to an activating group) is 1. The fourth-order valence-electron chi connectivity index (χ4n) is 1.51. The molecule has 0 saturated heterocycles. The molecule has 0 spiro atoms. The lowest BCUT2D eigenvalue weighted by Gasteiger charge is -2.15. The second-order valence-corrected chi connectivity index (χ2v) is 4.25. The van der Waals surface area contributed by atoms with Crippen molar-refractivity contribution in [2.45, 2.75) is 45.4 Å². The lowest BCUT2D eigenvalue weighted by Crippen LogP contribution is -2.40. The zero-order chi connectivity index (χ0) is 13.1. The van der Waals surface area contributed by atoms with Crippen molar-refractivity contribution in [2.75, 3.05) is 20.1 Å². The summed E-state index contributed by atoms with van der Waals surface area (Å²) in [5.74, 6) is -0.998. The van der Waals surface area contributed by atoms with Gasteiger partial charge in [0.05, 0.1) is 0 Å². The second-order valence-electron chi connectivity index (χ2n) is 4.25. The molecular weight excluding hydrogens is 220 g/mol. The topological polar surface area (TPSA) is 69.6 Å². The zero-order valence-electron chi connectivity index (χ0n) is 10.9. The highest BCUT2D eigenvalue weighted by Crippen LogP contribution is 2.04. The van der Waals surface area contributed by atoms with Gasteiger partial charge >= 0.3 is 12.0 Å². The SMILES string of the molecule is CCCCCCCCNC(=O)N(C)CC(=O)O. The molecule has 5 heteroatoms. The predicted octanol–water partition coefficient (Wildman–Crippen LogP) is 2.07. The van der Waals surface area contributed by atoms with Gasteiger partial charge in [-0.05, 0) is 6.42 Å². The number of hydrogen-bond acceptors (Lipinski definition) is 2. The zero-order valence-corrected chi connectivity index (χ0v) is 10.9. The summed E-state index contributed by atoms with van der Waals surface area (Å²) in [7, 11) is 1.48. The van der Waals surface area contributed by atoms with E-state index >= 15 is 0 Å². The third-order valence-corrected chi connectivity index (χ3v) is 2.53. The summed E-state index contributed by atoms with van der Waals surface area (Å²) in [4.78, 5) is 22.9. The molecule has 2 N–H and O–H groups in total. The van der Waals surface area contributed by atoms with Gasteiger partial charge in [-0.25, -0.2) is 4.79 Å². The summed E-state index contributed by atoms with van der Waals surface area (Å²) in [5, 5.41) is 11.2. The van der Waals surface area contributed by atoms with E-state index in [2.05, 4.69) is 12.2 Å². The van der Waals surface area contributed by atoms with Crippen LogP contribution in [0.1, 0.15) is 45.4 Å². The number of urea groups is 1. The van der Waals surface area contributed by atoms with Crippen LogP contribution in [0.25, 0.3) is 0 Å². The Hall–Kier alpha value is -1.26. The lowest BCUT2D eigenvalue weighted by atomic mass is 10.1. The molecule has 0 rings (SSSR count). The van der Waals surface area contributed by atoms with Crippen LogP contribution in [0.4, 0.5) is 4.79 Å². The number of nitrogens with one attached hydrogen (secondary N) is 1. The molecule has 0 aromatic rings. The van der Waals surface area contributed by atoms with E-state index in [1.54, 1.807) is 0 Å². The van der Waals surface area contributed by atoms with Crippen LogP contribution >= 0.6 is 0 Å². The van der Waals surface area contributed by atoms with Crippen LogP contribution in [0.15, 0.2) is 0 Å². The summed E-state index contributed by atoms with van der Waals surface area (Å²) < 4.78 is 0. The quantitative estimate of drug-likeness (QED) is 0.610. The monoisotopic (exact) mass is 244 g/mol. The van der Waals surface area contributed by atoms with E-state index in [0.717, 1.165) is 12.8 Å². The molecule has 2 amide bonds. The molecule has 0 aliphatic rings. The van der Waals surface area contributed by atoms with Gasteiger partial charge in [0.1, 0.15) is 6.54 Å². The molecule has 17 heavy (non-hydrogen) atoms. The number of amides is 2. The minimum absolute atomic E-state index is 0.262. The van der Waals surface area contributed by atoms with Crippen molar-refractivity contribution >= 4 is 12.0 Å². The van der Waals surface area contributed by atoms with E-state index in [1.807, 2.05) is 0 Å². The van der Waals surface area contributed by atoms with Gasteiger partial charge in [-0.2, -0.15) is 0 Å². The molecule has 0 unspecified atom stereocenters. The van der Waals surface area contributed by atoms with E-state index in [4.69, 9.17) is 5.11 Å². The summed E-state index contributed by atoms with van der Waals surface area (Å²) >= 11 is 0. The first kappa shape index (κ1) is 15.7. The lowest BCUT2D eigenvalue weighted by molar-refractivity contribution is -0.137. The van der Waals surface area contributed by atoms with E-state index in [1.165, 1.54) is 37.6 Å². The van der Waals surface area contributed by atoms with Crippen LogP contribution in [0.2, 0.25) is 0 Å². The van der Waals surface area contributed by atoms with Crippen LogP contribution < -0.4 is 5.32 Å². The Balaban J connectivity index is 3.41. The van der Waals surface area contributed by atoms with Crippen molar-refractivity contribution in [1.82, 2.24) is 10.2 Å². The Morgan fingerprint density at radius 1 is 1.12 bits per heavy atom.